The van der Waals surface area contributed by atoms with Crippen molar-refractivity contribution >= 4 is 17.8 Å². The molecular formula is C14H13NO5. The van der Waals surface area contributed by atoms with Crippen molar-refractivity contribution in [2.24, 2.45) is 0 Å². The van der Waals surface area contributed by atoms with Crippen LogP contribution >= 0.6 is 0 Å². The van der Waals surface area contributed by atoms with Gasteiger partial charge < -0.3 is 15.2 Å². The Kier molecular flexibility index (Phi) is 5.30. The Labute approximate surface area is 115 Å². The number of nitrogens with one attached hydrogen (secondary N) is 1. The van der Waals surface area contributed by atoms with Crippen molar-refractivity contribution in [3.8, 4) is 12.3 Å². The van der Waals surface area contributed by atoms with E-state index in [1.54, 1.807) is 0 Å². The first-order chi connectivity index (χ1) is 9.47. The third kappa shape index (κ3) is 3.85. The zero-order valence-corrected chi connectivity index (χ0v) is 10.8. The molecule has 2 N–H and O–H groups in total. The highest BCUT2D eigenvalue weighted by molar-refractivity contribution is 6.05. The molecule has 0 aliphatic carbocycles. The lowest BCUT2D eigenvalue weighted by Crippen LogP contribution is -2.40. The minimum Gasteiger partial charge on any atom is -0.478 e. The monoisotopic (exact) mass is 275 g/mol. The summed E-state index contributed by atoms with van der Waals surface area (Å²) in [6.07, 6.45) is 4.94. The van der Waals surface area contributed by atoms with Crippen LogP contribution in [0.5, 0.6) is 0 Å². The van der Waals surface area contributed by atoms with Gasteiger partial charge in [0.25, 0.3) is 5.91 Å². The normalized spacial score (nSPS) is 11.0. The molecule has 0 radical (unpaired) electrons. The third-order valence-corrected chi connectivity index (χ3v) is 2.40. The van der Waals surface area contributed by atoms with Gasteiger partial charge in [0.15, 0.2) is 6.61 Å². The van der Waals surface area contributed by atoms with Crippen molar-refractivity contribution in [2.45, 2.75) is 13.0 Å². The Morgan fingerprint density at radius 3 is 2.50 bits per heavy atom. The van der Waals surface area contributed by atoms with E-state index in [4.69, 9.17) is 11.5 Å². The van der Waals surface area contributed by atoms with Gasteiger partial charge >= 0.3 is 11.9 Å². The van der Waals surface area contributed by atoms with Crippen molar-refractivity contribution in [1.82, 2.24) is 5.32 Å². The lowest BCUT2D eigenvalue weighted by Gasteiger charge is -2.13. The number of hydrogen-bond acceptors (Lipinski definition) is 4. The van der Waals surface area contributed by atoms with E-state index in [1.807, 2.05) is 0 Å². The summed E-state index contributed by atoms with van der Waals surface area (Å²) in [7, 11) is 0. The zero-order valence-electron chi connectivity index (χ0n) is 10.8. The fourth-order valence-electron chi connectivity index (χ4n) is 1.44. The van der Waals surface area contributed by atoms with E-state index in [9.17, 15) is 14.4 Å². The average Bonchev–Trinajstić information content (AvgIpc) is 2.44. The van der Waals surface area contributed by atoms with Crippen molar-refractivity contribution in [3.63, 3.8) is 0 Å². The van der Waals surface area contributed by atoms with Crippen molar-refractivity contribution < 1.29 is 24.2 Å². The fraction of sp³-hybridized carbons (Fsp3) is 0.214. The SMILES string of the molecule is C#CCOC(=O)[C@H](C)NC(=O)c1ccccc1C(=O)O. The van der Waals surface area contributed by atoms with Gasteiger partial charge in [-0.3, -0.25) is 4.79 Å². The standard InChI is InChI=1S/C14H13NO5/c1-3-8-20-14(19)9(2)15-12(16)10-6-4-5-7-11(10)13(17)18/h1,4-7,9H,8H2,2H3,(H,15,16)(H,17,18)/t9-/m0/s1. The number of carbonyl (C=O) groups excluding carboxylic acids is 2. The van der Waals surface area contributed by atoms with Crippen LogP contribution in [0.3, 0.4) is 0 Å². The van der Waals surface area contributed by atoms with E-state index in [0.717, 1.165) is 0 Å². The lowest BCUT2D eigenvalue weighted by atomic mass is 10.1. The molecule has 0 heterocycles. The molecular weight excluding hydrogens is 262 g/mol. The minimum atomic E-state index is -1.22. The molecule has 1 aromatic carbocycles. The van der Waals surface area contributed by atoms with Gasteiger partial charge in [-0.05, 0) is 19.1 Å². The maximum Gasteiger partial charge on any atom is 0.336 e. The van der Waals surface area contributed by atoms with E-state index >= 15 is 0 Å². The highest BCUT2D eigenvalue weighted by Gasteiger charge is 2.21. The highest BCUT2D eigenvalue weighted by Crippen LogP contribution is 2.09. The van der Waals surface area contributed by atoms with Crippen LogP contribution in [-0.2, 0) is 9.53 Å². The second kappa shape index (κ2) is 6.95. The summed E-state index contributed by atoms with van der Waals surface area (Å²) in [5.74, 6) is -0.458. The van der Waals surface area contributed by atoms with Gasteiger partial charge in [-0.2, -0.15) is 0 Å². The molecule has 0 bridgehead atoms. The summed E-state index contributed by atoms with van der Waals surface area (Å²) in [6.45, 7) is 1.23. The Balaban J connectivity index is 2.80. The number of terminal acetylenes is 1. The quantitative estimate of drug-likeness (QED) is 0.609. The van der Waals surface area contributed by atoms with Crippen LogP contribution in [0.25, 0.3) is 0 Å². The van der Waals surface area contributed by atoms with E-state index in [2.05, 4.69) is 16.0 Å². The number of aromatic carboxylic acids is 1. The molecule has 0 fully saturated rings. The summed E-state index contributed by atoms with van der Waals surface area (Å²) in [6, 6.07) is 4.77. The van der Waals surface area contributed by atoms with Gasteiger partial charge in [-0.15, -0.1) is 6.42 Å². The van der Waals surface area contributed by atoms with E-state index in [0.29, 0.717) is 0 Å². The van der Waals surface area contributed by atoms with Crippen molar-refractivity contribution in [3.05, 3.63) is 35.4 Å². The molecule has 6 heteroatoms. The number of esters is 1. The second-order valence-electron chi connectivity index (χ2n) is 3.86. The lowest BCUT2D eigenvalue weighted by molar-refractivity contribution is -0.143. The van der Waals surface area contributed by atoms with Gasteiger partial charge in [0.1, 0.15) is 6.04 Å². The van der Waals surface area contributed by atoms with Crippen LogP contribution in [0, 0.1) is 12.3 Å². The van der Waals surface area contributed by atoms with Gasteiger partial charge in [0.05, 0.1) is 11.1 Å². The Morgan fingerprint density at radius 2 is 1.95 bits per heavy atom. The molecule has 1 rings (SSSR count). The van der Waals surface area contributed by atoms with Crippen molar-refractivity contribution in [1.29, 1.82) is 0 Å². The number of carboxylic acid groups (broad SMARTS) is 1. The summed E-state index contributed by atoms with van der Waals surface area (Å²) in [5.41, 5.74) is -0.175. The fourth-order valence-corrected chi connectivity index (χ4v) is 1.44. The zero-order chi connectivity index (χ0) is 15.1. The van der Waals surface area contributed by atoms with Crippen LogP contribution in [-0.4, -0.2) is 35.6 Å². The average molecular weight is 275 g/mol. The number of hydrogen-bond donors (Lipinski definition) is 2. The smallest absolute Gasteiger partial charge is 0.336 e. The first kappa shape index (κ1) is 15.2. The van der Waals surface area contributed by atoms with Gasteiger partial charge in [0, 0.05) is 0 Å². The number of benzene rings is 1. The molecule has 0 unspecified atom stereocenters. The molecule has 20 heavy (non-hydrogen) atoms. The number of ether oxygens (including phenoxy) is 1. The van der Waals surface area contributed by atoms with Crippen LogP contribution < -0.4 is 5.32 Å². The van der Waals surface area contributed by atoms with Gasteiger partial charge in [0.2, 0.25) is 0 Å². The van der Waals surface area contributed by atoms with Crippen LogP contribution in [0.15, 0.2) is 24.3 Å². The van der Waals surface area contributed by atoms with Gasteiger partial charge in [-0.1, -0.05) is 18.1 Å². The van der Waals surface area contributed by atoms with E-state index in [-0.39, 0.29) is 17.7 Å². The topological polar surface area (TPSA) is 92.7 Å². The number of amides is 1. The number of carbonyl (C=O) groups is 3. The van der Waals surface area contributed by atoms with Crippen LogP contribution in [0.2, 0.25) is 0 Å². The second-order valence-corrected chi connectivity index (χ2v) is 3.86. The van der Waals surface area contributed by atoms with Crippen LogP contribution in [0.4, 0.5) is 0 Å². The van der Waals surface area contributed by atoms with E-state index < -0.39 is 23.9 Å². The molecule has 0 saturated carbocycles. The highest BCUT2D eigenvalue weighted by atomic mass is 16.5. The summed E-state index contributed by atoms with van der Waals surface area (Å²) >= 11 is 0. The summed E-state index contributed by atoms with van der Waals surface area (Å²) < 4.78 is 4.66. The number of rotatable bonds is 5. The van der Waals surface area contributed by atoms with E-state index in [1.165, 1.54) is 31.2 Å². The molecule has 0 aliphatic heterocycles. The molecule has 0 aromatic heterocycles. The molecule has 104 valence electrons. The molecule has 1 aromatic rings. The Morgan fingerprint density at radius 1 is 1.35 bits per heavy atom. The molecule has 1 atom stereocenters. The van der Waals surface area contributed by atoms with Gasteiger partial charge in [-0.25, -0.2) is 9.59 Å². The predicted octanol–water partition coefficient (Wildman–Crippen LogP) is 0.679. The largest absolute Gasteiger partial charge is 0.478 e. The van der Waals surface area contributed by atoms with Crippen LogP contribution in [0.1, 0.15) is 27.6 Å². The summed E-state index contributed by atoms with van der Waals surface area (Å²) in [4.78, 5) is 34.4. The van der Waals surface area contributed by atoms with Crippen molar-refractivity contribution in [2.75, 3.05) is 6.61 Å². The first-order valence-corrected chi connectivity index (χ1v) is 5.70. The Hall–Kier alpha value is -2.81. The predicted molar refractivity (Wildman–Crippen MR) is 70.1 cm³/mol. The maximum absolute atomic E-state index is 11.9. The Bertz CT molecular complexity index is 573. The minimum absolute atomic E-state index is 0.0309. The molecule has 0 spiro atoms. The maximum atomic E-state index is 11.9. The number of carboxylic acids is 1. The molecule has 0 aliphatic rings. The first-order valence-electron chi connectivity index (χ1n) is 5.70. The molecule has 1 amide bonds. The molecule has 0 saturated heterocycles. The summed E-state index contributed by atoms with van der Waals surface area (Å²) in [5, 5.41) is 11.3. The molecule has 6 nitrogen and oxygen atoms in total. The third-order valence-electron chi connectivity index (χ3n) is 2.40.